The number of nitrogens with zero attached hydrogens (tertiary/aromatic N) is 1. The van der Waals surface area contributed by atoms with Crippen LogP contribution in [0.25, 0.3) is 0 Å². The van der Waals surface area contributed by atoms with Crippen molar-refractivity contribution in [1.82, 2.24) is 4.90 Å². The first-order valence-corrected chi connectivity index (χ1v) is 9.16. The van der Waals surface area contributed by atoms with E-state index in [0.29, 0.717) is 17.9 Å². The molecule has 0 radical (unpaired) electrons. The number of hydrogen-bond donors (Lipinski definition) is 1. The van der Waals surface area contributed by atoms with Crippen LogP contribution in [0.1, 0.15) is 31.7 Å². The molecule has 0 unspecified atom stereocenters. The van der Waals surface area contributed by atoms with Crippen molar-refractivity contribution in [2.75, 3.05) is 25.5 Å². The van der Waals surface area contributed by atoms with Gasteiger partial charge in [0.2, 0.25) is 0 Å². The Morgan fingerprint density at radius 2 is 2.21 bits per heavy atom. The third-order valence-corrected chi connectivity index (χ3v) is 6.97. The standard InChI is InChI=1S/C20H24N2O2/c1-3-12-13-8-10-22-11-9-20(18(12)22)14-6-4-5-7-15(14)21-17(20)16(13)19(23)24-2/h4-7,12-13,18,21H,3,8-11H2,1-2H3/t12-,13-,18+,20+/m1/s1. The minimum Gasteiger partial charge on any atom is -0.466 e. The van der Waals surface area contributed by atoms with Gasteiger partial charge in [-0.3, -0.25) is 4.90 Å². The summed E-state index contributed by atoms with van der Waals surface area (Å²) in [5.74, 6) is 0.728. The van der Waals surface area contributed by atoms with Crippen LogP contribution in [-0.4, -0.2) is 37.1 Å². The van der Waals surface area contributed by atoms with E-state index in [-0.39, 0.29) is 11.4 Å². The van der Waals surface area contributed by atoms with Crippen LogP contribution in [0.15, 0.2) is 35.5 Å². The average Bonchev–Trinajstić information content (AvgIpc) is 3.17. The van der Waals surface area contributed by atoms with Crippen LogP contribution < -0.4 is 5.32 Å². The first-order chi connectivity index (χ1) is 11.7. The van der Waals surface area contributed by atoms with Gasteiger partial charge in [-0.2, -0.15) is 0 Å². The Kier molecular flexibility index (Phi) is 2.94. The van der Waals surface area contributed by atoms with Crippen LogP contribution in [-0.2, 0) is 14.9 Å². The van der Waals surface area contributed by atoms with Gasteiger partial charge >= 0.3 is 5.97 Å². The Bertz CT molecular complexity index is 756. The number of anilines is 1. The molecule has 3 heterocycles. The molecule has 4 aliphatic rings. The summed E-state index contributed by atoms with van der Waals surface area (Å²) in [6, 6.07) is 9.14. The van der Waals surface area contributed by atoms with Crippen molar-refractivity contribution in [3.05, 3.63) is 41.1 Å². The summed E-state index contributed by atoms with van der Waals surface area (Å²) < 4.78 is 5.23. The zero-order chi connectivity index (χ0) is 16.5. The number of esters is 1. The van der Waals surface area contributed by atoms with Gasteiger partial charge in [-0.05, 0) is 49.4 Å². The molecule has 1 aromatic rings. The van der Waals surface area contributed by atoms with Crippen LogP contribution in [0.5, 0.6) is 0 Å². The number of para-hydroxylation sites is 1. The number of ether oxygens (including phenoxy) is 1. The monoisotopic (exact) mass is 324 g/mol. The normalized spacial score (nSPS) is 36.2. The van der Waals surface area contributed by atoms with Gasteiger partial charge in [0.1, 0.15) is 0 Å². The lowest BCUT2D eigenvalue weighted by Gasteiger charge is -2.52. The molecule has 5 rings (SSSR count). The summed E-state index contributed by atoms with van der Waals surface area (Å²) in [5, 5.41) is 3.65. The molecule has 1 N–H and O–H groups in total. The number of nitrogens with one attached hydrogen (secondary N) is 1. The quantitative estimate of drug-likeness (QED) is 0.850. The molecule has 3 aliphatic heterocycles. The molecule has 1 spiro atoms. The maximum atomic E-state index is 12.8. The molecule has 0 amide bonds. The van der Waals surface area contributed by atoms with E-state index >= 15 is 0 Å². The van der Waals surface area contributed by atoms with Crippen LogP contribution in [0.4, 0.5) is 5.69 Å². The number of carbonyl (C=O) groups excluding carboxylic acids is 1. The van der Waals surface area contributed by atoms with E-state index in [4.69, 9.17) is 4.74 Å². The van der Waals surface area contributed by atoms with E-state index in [1.807, 2.05) is 0 Å². The third kappa shape index (κ3) is 1.51. The van der Waals surface area contributed by atoms with E-state index in [0.717, 1.165) is 43.6 Å². The second-order valence-corrected chi connectivity index (χ2v) is 7.62. The molecule has 4 atom stereocenters. The summed E-state index contributed by atoms with van der Waals surface area (Å²) in [6.07, 6.45) is 3.28. The van der Waals surface area contributed by atoms with Crippen LogP contribution in [0, 0.1) is 11.8 Å². The summed E-state index contributed by atoms with van der Waals surface area (Å²) in [7, 11) is 1.52. The van der Waals surface area contributed by atoms with Crippen LogP contribution in [0.2, 0.25) is 0 Å². The maximum absolute atomic E-state index is 12.8. The lowest BCUT2D eigenvalue weighted by atomic mass is 9.57. The first kappa shape index (κ1) is 14.5. The molecule has 0 saturated carbocycles. The maximum Gasteiger partial charge on any atom is 0.335 e. The van der Waals surface area contributed by atoms with Crippen LogP contribution in [0.3, 0.4) is 0 Å². The van der Waals surface area contributed by atoms with Gasteiger partial charge in [0, 0.05) is 17.4 Å². The van der Waals surface area contributed by atoms with Gasteiger partial charge in [0.05, 0.1) is 18.1 Å². The topological polar surface area (TPSA) is 41.6 Å². The SMILES string of the molecule is CC[C@H]1[C@@H]2N3CC[C@H]1C(C(=O)OC)=C1Nc4ccccc4[C@@]12CC3. The van der Waals surface area contributed by atoms with Gasteiger partial charge in [-0.15, -0.1) is 0 Å². The van der Waals surface area contributed by atoms with Crippen molar-refractivity contribution in [3.63, 3.8) is 0 Å². The molecule has 2 saturated heterocycles. The highest BCUT2D eigenvalue weighted by molar-refractivity contribution is 5.93. The average molecular weight is 324 g/mol. The van der Waals surface area contributed by atoms with Gasteiger partial charge < -0.3 is 10.1 Å². The van der Waals surface area contributed by atoms with Crippen molar-refractivity contribution in [2.45, 2.75) is 37.6 Å². The highest BCUT2D eigenvalue weighted by Crippen LogP contribution is 2.62. The fourth-order valence-electron chi connectivity index (χ4n) is 6.20. The Morgan fingerprint density at radius 1 is 1.38 bits per heavy atom. The van der Waals surface area contributed by atoms with E-state index in [1.165, 1.54) is 18.4 Å². The lowest BCUT2D eigenvalue weighted by molar-refractivity contribution is -0.138. The molecule has 2 bridgehead atoms. The summed E-state index contributed by atoms with van der Waals surface area (Å²) in [6.45, 7) is 4.51. The van der Waals surface area contributed by atoms with E-state index in [1.54, 1.807) is 0 Å². The summed E-state index contributed by atoms with van der Waals surface area (Å²) in [5.41, 5.74) is 4.60. The number of carbonyl (C=O) groups is 1. The fraction of sp³-hybridized carbons (Fsp3) is 0.550. The predicted octanol–water partition coefficient (Wildman–Crippen LogP) is 2.91. The highest BCUT2D eigenvalue weighted by atomic mass is 16.5. The van der Waals surface area contributed by atoms with E-state index < -0.39 is 0 Å². The number of fused-ring (bicyclic) bond motifs is 2. The third-order valence-electron chi connectivity index (χ3n) is 6.97. The molecule has 4 nitrogen and oxygen atoms in total. The van der Waals surface area contributed by atoms with Crippen molar-refractivity contribution in [3.8, 4) is 0 Å². The number of hydrogen-bond acceptors (Lipinski definition) is 4. The zero-order valence-corrected chi connectivity index (χ0v) is 14.3. The Hall–Kier alpha value is -1.81. The molecular weight excluding hydrogens is 300 g/mol. The molecule has 2 fully saturated rings. The molecule has 1 aromatic carbocycles. The largest absolute Gasteiger partial charge is 0.466 e. The molecule has 126 valence electrons. The number of piperidine rings is 1. The first-order valence-electron chi connectivity index (χ1n) is 9.16. The number of methoxy groups -OCH3 is 1. The summed E-state index contributed by atoms with van der Waals surface area (Å²) >= 11 is 0. The van der Waals surface area contributed by atoms with Gasteiger partial charge in [0.25, 0.3) is 0 Å². The smallest absolute Gasteiger partial charge is 0.335 e. The zero-order valence-electron chi connectivity index (χ0n) is 14.3. The Balaban J connectivity index is 1.83. The highest BCUT2D eigenvalue weighted by Gasteiger charge is 2.64. The molecule has 24 heavy (non-hydrogen) atoms. The van der Waals surface area contributed by atoms with Gasteiger partial charge in [-0.25, -0.2) is 4.79 Å². The Morgan fingerprint density at radius 3 is 3.00 bits per heavy atom. The van der Waals surface area contributed by atoms with E-state index in [9.17, 15) is 4.79 Å². The van der Waals surface area contributed by atoms with Crippen molar-refractivity contribution < 1.29 is 9.53 Å². The van der Waals surface area contributed by atoms with Crippen LogP contribution >= 0.6 is 0 Å². The lowest BCUT2D eigenvalue weighted by Crippen LogP contribution is -2.58. The minimum absolute atomic E-state index is 0.0439. The van der Waals surface area contributed by atoms with Crippen molar-refractivity contribution in [1.29, 1.82) is 0 Å². The number of rotatable bonds is 2. The summed E-state index contributed by atoms with van der Waals surface area (Å²) in [4.78, 5) is 15.4. The second kappa shape index (κ2) is 4.85. The van der Waals surface area contributed by atoms with Crippen molar-refractivity contribution in [2.24, 2.45) is 11.8 Å². The van der Waals surface area contributed by atoms with Crippen molar-refractivity contribution >= 4 is 11.7 Å². The van der Waals surface area contributed by atoms with E-state index in [2.05, 4.69) is 41.4 Å². The molecule has 4 heteroatoms. The number of benzene rings is 1. The molecular formula is C20H24N2O2. The minimum atomic E-state index is -0.132. The molecule has 1 aliphatic carbocycles. The fourth-order valence-corrected chi connectivity index (χ4v) is 6.20. The van der Waals surface area contributed by atoms with Gasteiger partial charge in [0.15, 0.2) is 0 Å². The Labute approximate surface area is 142 Å². The van der Waals surface area contributed by atoms with Gasteiger partial charge in [-0.1, -0.05) is 31.5 Å². The molecule has 0 aromatic heterocycles. The second-order valence-electron chi connectivity index (χ2n) is 7.62. The predicted molar refractivity (Wildman–Crippen MR) is 92.7 cm³/mol.